The number of aryl methyl sites for hydroxylation is 1. The summed E-state index contributed by atoms with van der Waals surface area (Å²) < 4.78 is 5.27. The van der Waals surface area contributed by atoms with Crippen LogP contribution in [0.25, 0.3) is 10.9 Å². The molecule has 7 heteroatoms. The summed E-state index contributed by atoms with van der Waals surface area (Å²) in [5.41, 5.74) is 4.51. The number of thiophene rings is 1. The number of rotatable bonds is 4. The molecule has 0 unspecified atom stereocenters. The fraction of sp³-hybridized carbons (Fsp3) is 0.160. The zero-order valence-corrected chi connectivity index (χ0v) is 19.2. The van der Waals surface area contributed by atoms with Crippen LogP contribution >= 0.6 is 22.9 Å². The Morgan fingerprint density at radius 1 is 1.16 bits per heavy atom. The molecule has 0 spiro atoms. The van der Waals surface area contributed by atoms with E-state index in [1.165, 1.54) is 11.3 Å². The second-order valence-corrected chi connectivity index (χ2v) is 8.99. The summed E-state index contributed by atoms with van der Waals surface area (Å²) in [5, 5.41) is 9.56. The van der Waals surface area contributed by atoms with Gasteiger partial charge in [-0.25, -0.2) is 9.99 Å². The molecular formula is C25H20ClN3O2S. The molecule has 2 aromatic carbocycles. The summed E-state index contributed by atoms with van der Waals surface area (Å²) in [6.45, 7) is 2.02. The highest BCUT2D eigenvalue weighted by molar-refractivity contribution is 7.12. The molecule has 5 rings (SSSR count). The second-order valence-electron chi connectivity index (χ2n) is 7.69. The topological polar surface area (TPSA) is 54.8 Å². The van der Waals surface area contributed by atoms with Crippen molar-refractivity contribution in [3.8, 4) is 5.75 Å². The standard InChI is InChI=1S/C25H20ClN3O2S/c1-15-5-6-17-13-19(24(26)27-20(17)12-15)22-14-21(16-7-9-18(31-2)10-8-16)28-29(22)25(30)23-4-3-11-32-23/h3-13,22H,14H2,1-2H3/t22-/m1/s1. The predicted octanol–water partition coefficient (Wildman–Crippen LogP) is 6.26. The molecule has 1 atom stereocenters. The van der Waals surface area contributed by atoms with Gasteiger partial charge in [0.15, 0.2) is 0 Å². The molecule has 32 heavy (non-hydrogen) atoms. The van der Waals surface area contributed by atoms with Crippen molar-refractivity contribution in [3.05, 3.63) is 92.8 Å². The van der Waals surface area contributed by atoms with E-state index in [0.717, 1.165) is 39.1 Å². The van der Waals surface area contributed by atoms with Crippen LogP contribution in [0, 0.1) is 6.92 Å². The maximum absolute atomic E-state index is 13.3. The van der Waals surface area contributed by atoms with E-state index in [-0.39, 0.29) is 11.9 Å². The number of fused-ring (bicyclic) bond motifs is 1. The first kappa shape index (κ1) is 20.7. The lowest BCUT2D eigenvalue weighted by atomic mass is 9.98. The first-order chi connectivity index (χ1) is 15.5. The molecule has 5 nitrogen and oxygen atoms in total. The van der Waals surface area contributed by atoms with Crippen LogP contribution in [0.5, 0.6) is 5.75 Å². The van der Waals surface area contributed by atoms with Gasteiger partial charge in [-0.2, -0.15) is 5.10 Å². The fourth-order valence-corrected chi connectivity index (χ4v) is 4.84. The van der Waals surface area contributed by atoms with E-state index in [1.54, 1.807) is 12.1 Å². The average Bonchev–Trinajstić information content (AvgIpc) is 3.49. The number of halogens is 1. The van der Waals surface area contributed by atoms with E-state index in [1.807, 2.05) is 73.0 Å². The summed E-state index contributed by atoms with van der Waals surface area (Å²) in [4.78, 5) is 18.6. The Hall–Kier alpha value is -3.22. The van der Waals surface area contributed by atoms with Crippen molar-refractivity contribution in [2.75, 3.05) is 7.11 Å². The first-order valence-corrected chi connectivity index (χ1v) is 11.4. The summed E-state index contributed by atoms with van der Waals surface area (Å²) in [6, 6.07) is 19.1. The zero-order chi connectivity index (χ0) is 22.2. The maximum atomic E-state index is 13.3. The SMILES string of the molecule is COc1ccc(C2=NN(C(=O)c3cccs3)[C@@H](c3cc4ccc(C)cc4nc3Cl)C2)cc1. The van der Waals surface area contributed by atoms with E-state index in [4.69, 9.17) is 21.4 Å². The van der Waals surface area contributed by atoms with Crippen molar-refractivity contribution >= 4 is 45.5 Å². The predicted molar refractivity (Wildman–Crippen MR) is 129 cm³/mol. The van der Waals surface area contributed by atoms with E-state index in [2.05, 4.69) is 4.98 Å². The Labute approximate surface area is 194 Å². The fourth-order valence-electron chi connectivity index (χ4n) is 3.91. The molecule has 0 aliphatic carbocycles. The Balaban J connectivity index is 1.58. The zero-order valence-electron chi connectivity index (χ0n) is 17.6. The van der Waals surface area contributed by atoms with Gasteiger partial charge in [-0.1, -0.05) is 29.8 Å². The molecule has 0 saturated carbocycles. The molecule has 1 aliphatic heterocycles. The third-order valence-corrected chi connectivity index (χ3v) is 6.75. The van der Waals surface area contributed by atoms with E-state index in [9.17, 15) is 4.79 Å². The van der Waals surface area contributed by atoms with Crippen molar-refractivity contribution in [2.24, 2.45) is 5.10 Å². The molecule has 4 aromatic rings. The van der Waals surface area contributed by atoms with Gasteiger partial charge in [0.25, 0.3) is 5.91 Å². The molecule has 0 saturated heterocycles. The second kappa shape index (κ2) is 8.37. The van der Waals surface area contributed by atoms with E-state index >= 15 is 0 Å². The van der Waals surface area contributed by atoms with Gasteiger partial charge in [-0.3, -0.25) is 4.79 Å². The van der Waals surface area contributed by atoms with Gasteiger partial charge in [-0.05, 0) is 65.9 Å². The van der Waals surface area contributed by atoms with Crippen LogP contribution in [0.2, 0.25) is 5.15 Å². The normalized spacial score (nSPS) is 15.8. The molecule has 0 fully saturated rings. The minimum atomic E-state index is -0.340. The van der Waals surface area contributed by atoms with Gasteiger partial charge >= 0.3 is 0 Å². The molecule has 160 valence electrons. The number of methoxy groups -OCH3 is 1. The smallest absolute Gasteiger partial charge is 0.284 e. The summed E-state index contributed by atoms with van der Waals surface area (Å²) in [6.07, 6.45) is 0.544. The van der Waals surface area contributed by atoms with Crippen LogP contribution in [0.15, 0.2) is 71.1 Å². The lowest BCUT2D eigenvalue weighted by molar-refractivity contribution is 0.0716. The minimum Gasteiger partial charge on any atom is -0.497 e. The van der Waals surface area contributed by atoms with Gasteiger partial charge in [-0.15, -0.1) is 11.3 Å². The molecule has 0 N–H and O–H groups in total. The molecular weight excluding hydrogens is 442 g/mol. The highest BCUT2D eigenvalue weighted by Crippen LogP contribution is 2.38. The van der Waals surface area contributed by atoms with Crippen LogP contribution in [0.1, 0.15) is 38.8 Å². The monoisotopic (exact) mass is 461 g/mol. The quantitative estimate of drug-likeness (QED) is 0.337. The number of nitrogens with zero attached hydrogens (tertiary/aromatic N) is 3. The minimum absolute atomic E-state index is 0.145. The molecule has 0 radical (unpaired) electrons. The van der Waals surface area contributed by atoms with E-state index < -0.39 is 0 Å². The molecule has 1 amide bonds. The lowest BCUT2D eigenvalue weighted by Crippen LogP contribution is -2.26. The van der Waals surface area contributed by atoms with Crippen molar-refractivity contribution in [1.82, 2.24) is 9.99 Å². The lowest BCUT2D eigenvalue weighted by Gasteiger charge is -2.22. The van der Waals surface area contributed by atoms with Crippen LogP contribution < -0.4 is 4.74 Å². The maximum Gasteiger partial charge on any atom is 0.284 e. The third-order valence-electron chi connectivity index (χ3n) is 5.59. The number of pyridine rings is 1. The number of amides is 1. The molecule has 3 heterocycles. The number of hydrogen-bond acceptors (Lipinski definition) is 5. The van der Waals surface area contributed by atoms with Crippen LogP contribution in [-0.2, 0) is 0 Å². The first-order valence-electron chi connectivity index (χ1n) is 10.2. The van der Waals surface area contributed by atoms with Crippen LogP contribution in [-0.4, -0.2) is 28.7 Å². The molecule has 0 bridgehead atoms. The van der Waals surface area contributed by atoms with Crippen molar-refractivity contribution < 1.29 is 9.53 Å². The van der Waals surface area contributed by atoms with Gasteiger partial charge in [0.2, 0.25) is 0 Å². The van der Waals surface area contributed by atoms with Crippen molar-refractivity contribution in [2.45, 2.75) is 19.4 Å². The number of hydrazone groups is 1. The summed E-state index contributed by atoms with van der Waals surface area (Å²) >= 11 is 8.05. The van der Waals surface area contributed by atoms with Gasteiger partial charge in [0.1, 0.15) is 10.9 Å². The largest absolute Gasteiger partial charge is 0.497 e. The Morgan fingerprint density at radius 3 is 2.69 bits per heavy atom. The van der Waals surface area contributed by atoms with Gasteiger partial charge in [0, 0.05) is 17.4 Å². The number of hydrogen-bond donors (Lipinski definition) is 0. The average molecular weight is 462 g/mol. The Morgan fingerprint density at radius 2 is 1.97 bits per heavy atom. The number of aromatic nitrogens is 1. The summed E-state index contributed by atoms with van der Waals surface area (Å²) in [5.74, 6) is 0.626. The number of ether oxygens (including phenoxy) is 1. The van der Waals surface area contributed by atoms with Crippen LogP contribution in [0.3, 0.4) is 0 Å². The Kier molecular flexibility index (Phi) is 5.41. The summed E-state index contributed by atoms with van der Waals surface area (Å²) in [7, 11) is 1.63. The van der Waals surface area contributed by atoms with Gasteiger partial charge in [0.05, 0.1) is 29.3 Å². The van der Waals surface area contributed by atoms with Crippen molar-refractivity contribution in [3.63, 3.8) is 0 Å². The molecule has 1 aliphatic rings. The Bertz CT molecular complexity index is 1330. The number of carbonyl (C=O) groups is 1. The number of carbonyl (C=O) groups excluding carboxylic acids is 1. The van der Waals surface area contributed by atoms with Gasteiger partial charge < -0.3 is 4.74 Å². The highest BCUT2D eigenvalue weighted by atomic mass is 35.5. The molecule has 2 aromatic heterocycles. The third kappa shape index (κ3) is 3.76. The van der Waals surface area contributed by atoms with Crippen molar-refractivity contribution in [1.29, 1.82) is 0 Å². The van der Waals surface area contributed by atoms with Crippen LogP contribution in [0.4, 0.5) is 0 Å². The highest BCUT2D eigenvalue weighted by Gasteiger charge is 2.35. The van der Waals surface area contributed by atoms with E-state index in [0.29, 0.717) is 16.5 Å². The number of benzene rings is 2.